The summed E-state index contributed by atoms with van der Waals surface area (Å²) < 4.78 is 5.81. The van der Waals surface area contributed by atoms with Gasteiger partial charge >= 0.3 is 5.97 Å². The molecule has 6 atom stereocenters. The second kappa shape index (κ2) is 7.82. The molecule has 8 heteroatoms. The van der Waals surface area contributed by atoms with E-state index >= 15 is 0 Å². The lowest BCUT2D eigenvalue weighted by Crippen LogP contribution is -2.49. The highest BCUT2D eigenvalue weighted by molar-refractivity contribution is 6.42. The molecular formula is C26H20Cl2N2O4. The van der Waals surface area contributed by atoms with E-state index in [4.69, 9.17) is 27.9 Å². The van der Waals surface area contributed by atoms with Gasteiger partial charge in [0.15, 0.2) is 0 Å². The summed E-state index contributed by atoms with van der Waals surface area (Å²) in [6, 6.07) is 21.1. The van der Waals surface area contributed by atoms with Crippen LogP contribution in [0.3, 0.4) is 0 Å². The zero-order chi connectivity index (χ0) is 23.6. The number of halogens is 2. The van der Waals surface area contributed by atoms with E-state index < -0.39 is 41.6 Å². The van der Waals surface area contributed by atoms with Crippen LogP contribution in [0, 0.1) is 11.8 Å². The summed E-state index contributed by atoms with van der Waals surface area (Å²) >= 11 is 12.1. The quantitative estimate of drug-likeness (QED) is 0.463. The van der Waals surface area contributed by atoms with Crippen molar-refractivity contribution < 1.29 is 19.4 Å². The van der Waals surface area contributed by atoms with E-state index in [0.29, 0.717) is 21.3 Å². The molecule has 3 N–H and O–H groups in total. The summed E-state index contributed by atoms with van der Waals surface area (Å²) in [6.07, 6.45) is -1.70. The minimum atomic E-state index is -1.15. The van der Waals surface area contributed by atoms with Crippen molar-refractivity contribution in [3.8, 4) is 0 Å². The zero-order valence-corrected chi connectivity index (χ0v) is 19.3. The third-order valence-electron chi connectivity index (χ3n) is 7.23. The molecule has 2 saturated heterocycles. The number of carbonyl (C=O) groups excluding carboxylic acids is 2. The Labute approximate surface area is 205 Å². The molecule has 1 aliphatic carbocycles. The topological polar surface area (TPSA) is 87.7 Å². The Kier molecular flexibility index (Phi) is 4.97. The lowest BCUT2D eigenvalue weighted by molar-refractivity contribution is -0.147. The second-order valence-electron chi connectivity index (χ2n) is 8.94. The number of hydrogen-bond donors (Lipinski definition) is 3. The van der Waals surface area contributed by atoms with Crippen LogP contribution in [0.25, 0.3) is 0 Å². The predicted molar refractivity (Wildman–Crippen MR) is 127 cm³/mol. The molecule has 3 aromatic carbocycles. The second-order valence-corrected chi connectivity index (χ2v) is 9.75. The minimum absolute atomic E-state index is 0.307. The van der Waals surface area contributed by atoms with Gasteiger partial charge in [-0.3, -0.25) is 14.9 Å². The number of nitrogens with one attached hydrogen (secondary N) is 2. The Balaban J connectivity index is 1.45. The highest BCUT2D eigenvalue weighted by atomic mass is 35.5. The number of carbonyl (C=O) groups is 2. The smallest absolute Gasteiger partial charge is 0.312 e. The molecule has 0 saturated carbocycles. The maximum Gasteiger partial charge on any atom is 0.312 e. The molecule has 1 spiro atoms. The van der Waals surface area contributed by atoms with Gasteiger partial charge in [-0.25, -0.2) is 0 Å². The standard InChI is InChI=1S/C26H20Cl2N2O4/c27-17-11-10-14(12-18(17)28)29-24(32)19-20-25(33)34-23-16-9-5-4-8-15(16)22(31)26(20,23)30-21(19)13-6-2-1-3-7-13/h1-12,19-23,30-31H,(H,29,32). The fraction of sp³-hybridized carbons (Fsp3) is 0.231. The van der Waals surface area contributed by atoms with E-state index in [1.54, 1.807) is 18.2 Å². The molecule has 0 bridgehead atoms. The van der Waals surface area contributed by atoms with Gasteiger partial charge in [0.2, 0.25) is 5.91 Å². The number of hydrogen-bond acceptors (Lipinski definition) is 5. The highest BCUT2D eigenvalue weighted by Crippen LogP contribution is 2.63. The van der Waals surface area contributed by atoms with Crippen LogP contribution >= 0.6 is 23.2 Å². The van der Waals surface area contributed by atoms with Gasteiger partial charge in [-0.15, -0.1) is 0 Å². The van der Waals surface area contributed by atoms with Crippen molar-refractivity contribution in [2.45, 2.75) is 23.8 Å². The van der Waals surface area contributed by atoms with Crippen molar-refractivity contribution in [1.29, 1.82) is 0 Å². The first kappa shape index (κ1) is 21.6. The fourth-order valence-corrected chi connectivity index (χ4v) is 6.13. The van der Waals surface area contributed by atoms with Crippen LogP contribution in [0.2, 0.25) is 10.0 Å². The van der Waals surface area contributed by atoms with Crippen molar-refractivity contribution in [2.24, 2.45) is 11.8 Å². The molecule has 3 aliphatic rings. The van der Waals surface area contributed by atoms with E-state index in [1.807, 2.05) is 54.6 Å². The van der Waals surface area contributed by atoms with E-state index in [-0.39, 0.29) is 5.91 Å². The van der Waals surface area contributed by atoms with Crippen molar-refractivity contribution in [2.75, 3.05) is 5.32 Å². The fourth-order valence-electron chi connectivity index (χ4n) is 5.83. The number of amides is 1. The molecule has 6 nitrogen and oxygen atoms in total. The average Bonchev–Trinajstić information content (AvgIpc) is 3.42. The first-order valence-electron chi connectivity index (χ1n) is 11.0. The lowest BCUT2D eigenvalue weighted by Gasteiger charge is -2.31. The Bertz CT molecular complexity index is 1320. The van der Waals surface area contributed by atoms with Gasteiger partial charge in [-0.2, -0.15) is 0 Å². The molecule has 6 rings (SSSR count). The Morgan fingerprint density at radius 3 is 2.41 bits per heavy atom. The summed E-state index contributed by atoms with van der Waals surface area (Å²) in [5.41, 5.74) is 1.62. The first-order valence-corrected chi connectivity index (χ1v) is 11.7. The zero-order valence-electron chi connectivity index (χ0n) is 17.7. The largest absolute Gasteiger partial charge is 0.455 e. The maximum atomic E-state index is 13.7. The number of esters is 1. The van der Waals surface area contributed by atoms with Gasteiger partial charge in [0.1, 0.15) is 17.7 Å². The third-order valence-corrected chi connectivity index (χ3v) is 7.97. The molecule has 34 heavy (non-hydrogen) atoms. The van der Waals surface area contributed by atoms with E-state index in [0.717, 1.165) is 11.1 Å². The normalized spacial score (nSPS) is 30.9. The Hall–Kier alpha value is -2.90. The summed E-state index contributed by atoms with van der Waals surface area (Å²) in [4.78, 5) is 27.0. The van der Waals surface area contributed by atoms with Crippen molar-refractivity contribution in [3.63, 3.8) is 0 Å². The van der Waals surface area contributed by atoms with Gasteiger partial charge < -0.3 is 15.2 Å². The number of ether oxygens (including phenoxy) is 1. The first-order chi connectivity index (χ1) is 16.4. The van der Waals surface area contributed by atoms with Crippen LogP contribution in [0.5, 0.6) is 0 Å². The monoisotopic (exact) mass is 494 g/mol. The number of fused-ring (bicyclic) bond motifs is 2. The average molecular weight is 495 g/mol. The van der Waals surface area contributed by atoms with Gasteiger partial charge in [0.05, 0.1) is 21.9 Å². The SMILES string of the molecule is O=C(Nc1ccc(Cl)c(Cl)c1)C1C(c2ccccc2)NC23C(O)c4ccccc4C2OC(=O)C13. The molecule has 2 heterocycles. The van der Waals surface area contributed by atoms with Gasteiger partial charge in [-0.1, -0.05) is 77.8 Å². The highest BCUT2D eigenvalue weighted by Gasteiger charge is 2.74. The summed E-state index contributed by atoms with van der Waals surface area (Å²) in [6.45, 7) is 0. The molecule has 0 radical (unpaired) electrons. The Morgan fingerprint density at radius 1 is 0.971 bits per heavy atom. The van der Waals surface area contributed by atoms with Crippen molar-refractivity contribution in [3.05, 3.63) is 99.5 Å². The van der Waals surface area contributed by atoms with Crippen LogP contribution in [0.15, 0.2) is 72.8 Å². The summed E-state index contributed by atoms with van der Waals surface area (Å²) in [5.74, 6) is -2.60. The van der Waals surface area contributed by atoms with Crippen LogP contribution in [-0.4, -0.2) is 22.5 Å². The molecular weight excluding hydrogens is 475 g/mol. The van der Waals surface area contributed by atoms with Crippen LogP contribution in [0.1, 0.15) is 34.9 Å². The van der Waals surface area contributed by atoms with E-state index in [2.05, 4.69) is 10.6 Å². The molecule has 2 aliphatic heterocycles. The van der Waals surface area contributed by atoms with E-state index in [9.17, 15) is 14.7 Å². The number of aliphatic hydroxyl groups is 1. The van der Waals surface area contributed by atoms with Gasteiger partial charge in [0, 0.05) is 17.3 Å². The maximum absolute atomic E-state index is 13.7. The molecule has 6 unspecified atom stereocenters. The number of aliphatic hydroxyl groups excluding tert-OH is 1. The van der Waals surface area contributed by atoms with E-state index in [1.165, 1.54) is 0 Å². The summed E-state index contributed by atoms with van der Waals surface area (Å²) in [5, 5.41) is 18.6. The lowest BCUT2D eigenvalue weighted by atomic mass is 9.75. The van der Waals surface area contributed by atoms with Gasteiger partial charge in [-0.05, 0) is 29.3 Å². The van der Waals surface area contributed by atoms with Crippen LogP contribution < -0.4 is 10.6 Å². The molecule has 1 amide bonds. The number of benzene rings is 3. The van der Waals surface area contributed by atoms with Crippen LogP contribution in [0.4, 0.5) is 5.69 Å². The minimum Gasteiger partial charge on any atom is -0.455 e. The Morgan fingerprint density at radius 2 is 1.68 bits per heavy atom. The van der Waals surface area contributed by atoms with Crippen molar-refractivity contribution in [1.82, 2.24) is 5.32 Å². The number of anilines is 1. The predicted octanol–water partition coefficient (Wildman–Crippen LogP) is 4.59. The van der Waals surface area contributed by atoms with Crippen molar-refractivity contribution >= 4 is 40.8 Å². The molecule has 2 fully saturated rings. The summed E-state index contributed by atoms with van der Waals surface area (Å²) in [7, 11) is 0. The molecule has 0 aromatic heterocycles. The third kappa shape index (κ3) is 2.96. The van der Waals surface area contributed by atoms with Crippen LogP contribution in [-0.2, 0) is 14.3 Å². The molecule has 172 valence electrons. The number of rotatable bonds is 3. The van der Waals surface area contributed by atoms with Gasteiger partial charge in [0.25, 0.3) is 0 Å². The molecule has 3 aromatic rings.